The van der Waals surface area contributed by atoms with Crippen molar-refractivity contribution >= 4 is 21.8 Å². The number of anilines is 1. The fourth-order valence-electron chi connectivity index (χ4n) is 3.41. The Morgan fingerprint density at radius 2 is 1.79 bits per heavy atom. The number of hydrogen-bond donors (Lipinski definition) is 2. The third-order valence-electron chi connectivity index (χ3n) is 4.97. The van der Waals surface area contributed by atoms with Crippen molar-refractivity contribution in [3.05, 3.63) is 17.7 Å². The van der Waals surface area contributed by atoms with Gasteiger partial charge in [-0.2, -0.15) is 8.42 Å². The predicted molar refractivity (Wildman–Crippen MR) is 108 cm³/mol. The SMILES string of the molecule is COc1cc(C(=O)N2CCC(CCNS(N)(=O)=O)CC2)c(N(C)C)cc1OC. The van der Waals surface area contributed by atoms with Gasteiger partial charge in [0.2, 0.25) is 0 Å². The van der Waals surface area contributed by atoms with Crippen molar-refractivity contribution in [3.63, 3.8) is 0 Å². The van der Waals surface area contributed by atoms with E-state index in [0.29, 0.717) is 49.0 Å². The van der Waals surface area contributed by atoms with Gasteiger partial charge in [-0.25, -0.2) is 9.86 Å². The van der Waals surface area contributed by atoms with Gasteiger partial charge in [-0.05, 0) is 31.2 Å². The number of ether oxygens (including phenoxy) is 2. The summed E-state index contributed by atoms with van der Waals surface area (Å²) in [7, 11) is 3.21. The second kappa shape index (κ2) is 9.44. The summed E-state index contributed by atoms with van der Waals surface area (Å²) in [5.74, 6) is 1.40. The summed E-state index contributed by atoms with van der Waals surface area (Å²) < 4.78 is 34.9. The van der Waals surface area contributed by atoms with E-state index in [1.807, 2.05) is 23.9 Å². The van der Waals surface area contributed by atoms with E-state index < -0.39 is 10.2 Å². The molecule has 0 bridgehead atoms. The Labute approximate surface area is 166 Å². The van der Waals surface area contributed by atoms with Crippen LogP contribution in [-0.4, -0.2) is 67.2 Å². The molecule has 0 radical (unpaired) electrons. The molecule has 1 amide bonds. The van der Waals surface area contributed by atoms with Crippen LogP contribution in [0.25, 0.3) is 0 Å². The maximum atomic E-state index is 13.1. The van der Waals surface area contributed by atoms with Gasteiger partial charge >= 0.3 is 0 Å². The predicted octanol–water partition coefficient (Wildman–Crippen LogP) is 0.805. The van der Waals surface area contributed by atoms with Crippen LogP contribution in [0.15, 0.2) is 12.1 Å². The summed E-state index contributed by atoms with van der Waals surface area (Å²) >= 11 is 0. The Bertz CT molecular complexity index is 789. The van der Waals surface area contributed by atoms with Gasteiger partial charge in [0.05, 0.1) is 25.5 Å². The molecule has 9 nitrogen and oxygen atoms in total. The molecule has 1 aromatic carbocycles. The normalized spacial score (nSPS) is 15.4. The number of hydrogen-bond acceptors (Lipinski definition) is 6. The maximum absolute atomic E-state index is 13.1. The first-order valence-electron chi connectivity index (χ1n) is 9.16. The minimum Gasteiger partial charge on any atom is -0.493 e. The molecular weight excluding hydrogens is 384 g/mol. The first-order chi connectivity index (χ1) is 13.2. The summed E-state index contributed by atoms with van der Waals surface area (Å²) in [5, 5.41) is 4.95. The quantitative estimate of drug-likeness (QED) is 0.651. The van der Waals surface area contributed by atoms with E-state index in [4.69, 9.17) is 14.6 Å². The first kappa shape index (κ1) is 22.3. The van der Waals surface area contributed by atoms with E-state index in [1.165, 1.54) is 0 Å². The van der Waals surface area contributed by atoms with Crippen LogP contribution in [0.4, 0.5) is 5.69 Å². The standard InChI is InChI=1S/C18H30N4O5S/c1-21(2)15-12-17(27-4)16(26-3)11-14(15)18(23)22-9-6-13(7-10-22)5-8-20-28(19,24)25/h11-13,20H,5-10H2,1-4H3,(H2,19,24,25). The van der Waals surface area contributed by atoms with Crippen LogP contribution in [0.1, 0.15) is 29.6 Å². The smallest absolute Gasteiger partial charge is 0.274 e. The average molecular weight is 415 g/mol. The van der Waals surface area contributed by atoms with E-state index >= 15 is 0 Å². The highest BCUT2D eigenvalue weighted by atomic mass is 32.2. The topological polar surface area (TPSA) is 114 Å². The second-order valence-electron chi connectivity index (χ2n) is 7.08. The van der Waals surface area contributed by atoms with E-state index in [0.717, 1.165) is 18.5 Å². The molecule has 1 fully saturated rings. The van der Waals surface area contributed by atoms with Crippen LogP contribution in [0.3, 0.4) is 0 Å². The van der Waals surface area contributed by atoms with Crippen molar-refractivity contribution in [2.45, 2.75) is 19.3 Å². The van der Waals surface area contributed by atoms with Gasteiger partial charge in [-0.3, -0.25) is 4.79 Å². The van der Waals surface area contributed by atoms with Crippen LogP contribution < -0.4 is 24.2 Å². The fraction of sp³-hybridized carbons (Fsp3) is 0.611. The number of piperidine rings is 1. The highest BCUT2D eigenvalue weighted by Gasteiger charge is 2.27. The summed E-state index contributed by atoms with van der Waals surface area (Å²) in [4.78, 5) is 16.8. The molecule has 0 spiro atoms. The Morgan fingerprint density at radius 1 is 1.21 bits per heavy atom. The Balaban J connectivity index is 2.07. The number of nitrogens with one attached hydrogen (secondary N) is 1. The second-order valence-corrected chi connectivity index (χ2v) is 8.46. The van der Waals surface area contributed by atoms with Crippen molar-refractivity contribution in [2.24, 2.45) is 11.1 Å². The number of likely N-dealkylation sites (tertiary alicyclic amines) is 1. The number of carbonyl (C=O) groups excluding carboxylic acids is 1. The molecule has 10 heteroatoms. The molecule has 1 aliphatic heterocycles. The lowest BCUT2D eigenvalue weighted by Crippen LogP contribution is -2.40. The van der Waals surface area contributed by atoms with Crippen molar-refractivity contribution in [1.29, 1.82) is 0 Å². The number of nitrogens with two attached hydrogens (primary N) is 1. The third-order valence-corrected chi connectivity index (χ3v) is 5.58. The monoisotopic (exact) mass is 414 g/mol. The van der Waals surface area contributed by atoms with Crippen molar-refractivity contribution in [1.82, 2.24) is 9.62 Å². The van der Waals surface area contributed by atoms with Gasteiger partial charge in [-0.15, -0.1) is 0 Å². The number of amides is 1. The lowest BCUT2D eigenvalue weighted by atomic mass is 9.93. The molecule has 2 rings (SSSR count). The summed E-state index contributed by atoms with van der Waals surface area (Å²) in [6.45, 7) is 1.57. The van der Waals surface area contributed by atoms with Crippen LogP contribution in [0.2, 0.25) is 0 Å². The maximum Gasteiger partial charge on any atom is 0.274 e. The Kier molecular flexibility index (Phi) is 7.50. The zero-order valence-electron chi connectivity index (χ0n) is 16.9. The molecule has 3 N–H and O–H groups in total. The zero-order chi connectivity index (χ0) is 20.9. The first-order valence-corrected chi connectivity index (χ1v) is 10.7. The summed E-state index contributed by atoms with van der Waals surface area (Å²) in [6, 6.07) is 3.52. The summed E-state index contributed by atoms with van der Waals surface area (Å²) in [6.07, 6.45) is 2.35. The van der Waals surface area contributed by atoms with E-state index in [1.54, 1.807) is 26.4 Å². The lowest BCUT2D eigenvalue weighted by Gasteiger charge is -2.33. The van der Waals surface area contributed by atoms with Gasteiger partial charge in [0.15, 0.2) is 11.5 Å². The van der Waals surface area contributed by atoms with Crippen LogP contribution >= 0.6 is 0 Å². The number of rotatable bonds is 8. The van der Waals surface area contributed by atoms with E-state index in [2.05, 4.69) is 4.72 Å². The molecule has 158 valence electrons. The number of carbonyl (C=O) groups is 1. The van der Waals surface area contributed by atoms with Crippen molar-refractivity contribution < 1.29 is 22.7 Å². The molecule has 0 unspecified atom stereocenters. The summed E-state index contributed by atoms with van der Waals surface area (Å²) in [5.41, 5.74) is 1.33. The molecule has 0 saturated carbocycles. The molecule has 1 heterocycles. The third kappa shape index (κ3) is 5.73. The van der Waals surface area contributed by atoms with Crippen LogP contribution in [0.5, 0.6) is 11.5 Å². The fourth-order valence-corrected chi connectivity index (χ4v) is 3.81. The Morgan fingerprint density at radius 3 is 2.29 bits per heavy atom. The minimum absolute atomic E-state index is 0.0502. The number of methoxy groups -OCH3 is 2. The average Bonchev–Trinajstić information content (AvgIpc) is 2.65. The lowest BCUT2D eigenvalue weighted by molar-refractivity contribution is 0.0688. The van der Waals surface area contributed by atoms with E-state index in [9.17, 15) is 13.2 Å². The number of nitrogens with zero attached hydrogens (tertiary/aromatic N) is 2. The van der Waals surface area contributed by atoms with Crippen LogP contribution in [0, 0.1) is 5.92 Å². The van der Waals surface area contributed by atoms with Crippen LogP contribution in [-0.2, 0) is 10.2 Å². The van der Waals surface area contributed by atoms with Crippen molar-refractivity contribution in [2.75, 3.05) is 52.8 Å². The molecule has 1 saturated heterocycles. The highest BCUT2D eigenvalue weighted by molar-refractivity contribution is 7.87. The van der Waals surface area contributed by atoms with Gasteiger partial charge < -0.3 is 19.3 Å². The van der Waals surface area contributed by atoms with Crippen molar-refractivity contribution in [3.8, 4) is 11.5 Å². The molecule has 1 aliphatic rings. The molecule has 0 atom stereocenters. The highest BCUT2D eigenvalue weighted by Crippen LogP contribution is 2.35. The van der Waals surface area contributed by atoms with Gasteiger partial charge in [0, 0.05) is 39.8 Å². The molecule has 1 aromatic rings. The largest absolute Gasteiger partial charge is 0.493 e. The minimum atomic E-state index is -3.65. The molecular formula is C18H30N4O5S. The van der Waals surface area contributed by atoms with Gasteiger partial charge in [0.25, 0.3) is 16.1 Å². The molecule has 28 heavy (non-hydrogen) atoms. The number of benzene rings is 1. The van der Waals surface area contributed by atoms with Gasteiger partial charge in [0.1, 0.15) is 0 Å². The molecule has 0 aliphatic carbocycles. The Hall–Kier alpha value is -2.04. The van der Waals surface area contributed by atoms with Gasteiger partial charge in [-0.1, -0.05) is 0 Å². The van der Waals surface area contributed by atoms with E-state index in [-0.39, 0.29) is 5.91 Å². The zero-order valence-corrected chi connectivity index (χ0v) is 17.7. The molecule has 0 aromatic heterocycles.